The van der Waals surface area contributed by atoms with Crippen molar-refractivity contribution in [1.29, 1.82) is 0 Å². The Kier molecular flexibility index (Phi) is 3.44. The van der Waals surface area contributed by atoms with E-state index < -0.39 is 0 Å². The summed E-state index contributed by atoms with van der Waals surface area (Å²) >= 11 is 0. The minimum Gasteiger partial charge on any atom is -0.503 e. The normalized spacial score (nSPS) is 30.7. The van der Waals surface area contributed by atoms with Gasteiger partial charge in [0.15, 0.2) is 5.75 Å². The lowest BCUT2D eigenvalue weighted by atomic mass is 9.65. The lowest BCUT2D eigenvalue weighted by molar-refractivity contribution is 0.126. The van der Waals surface area contributed by atoms with Crippen molar-refractivity contribution < 1.29 is 5.11 Å². The van der Waals surface area contributed by atoms with Crippen molar-refractivity contribution in [1.82, 2.24) is 9.47 Å². The van der Waals surface area contributed by atoms with Gasteiger partial charge in [0.1, 0.15) is 0 Å². The Morgan fingerprint density at radius 2 is 2.00 bits per heavy atom. The molecule has 1 aromatic rings. The van der Waals surface area contributed by atoms with Crippen molar-refractivity contribution in [2.45, 2.75) is 59.5 Å². The lowest BCUT2D eigenvalue weighted by Gasteiger charge is -2.40. The zero-order valence-corrected chi connectivity index (χ0v) is 14.4. The standard InChI is InChI=1S/C18H28N2O2/c1-12-6-15(21)16(22)14(19(12)5)9-20-11-18(4)8-13(20)7-17(2,3)10-18/h6,13,22H,7-11H2,1-5H3/t13-,18+/m1/s1. The number of likely N-dealkylation sites (tertiary alicyclic amines) is 1. The third kappa shape index (κ3) is 2.58. The van der Waals surface area contributed by atoms with Crippen LogP contribution in [0.1, 0.15) is 51.4 Å². The summed E-state index contributed by atoms with van der Waals surface area (Å²) in [5.74, 6) is -0.0843. The fourth-order valence-corrected chi connectivity index (χ4v) is 5.00. The molecule has 0 spiro atoms. The molecule has 0 aromatic carbocycles. The summed E-state index contributed by atoms with van der Waals surface area (Å²) in [5.41, 5.74) is 2.13. The van der Waals surface area contributed by atoms with Crippen molar-refractivity contribution in [2.24, 2.45) is 17.9 Å². The van der Waals surface area contributed by atoms with Crippen molar-refractivity contribution in [3.8, 4) is 5.75 Å². The summed E-state index contributed by atoms with van der Waals surface area (Å²) in [6.45, 7) is 10.7. The number of hydrogen-bond donors (Lipinski definition) is 1. The predicted molar refractivity (Wildman–Crippen MR) is 88.0 cm³/mol. The quantitative estimate of drug-likeness (QED) is 0.914. The monoisotopic (exact) mass is 304 g/mol. The first kappa shape index (κ1) is 15.6. The highest BCUT2D eigenvalue weighted by molar-refractivity contribution is 5.29. The van der Waals surface area contributed by atoms with E-state index in [0.29, 0.717) is 23.4 Å². The minimum atomic E-state index is -0.265. The molecule has 4 nitrogen and oxygen atoms in total. The molecule has 4 heteroatoms. The van der Waals surface area contributed by atoms with Crippen molar-refractivity contribution in [3.63, 3.8) is 0 Å². The summed E-state index contributed by atoms with van der Waals surface area (Å²) < 4.78 is 1.95. The maximum absolute atomic E-state index is 11.9. The lowest BCUT2D eigenvalue weighted by Crippen LogP contribution is -2.35. The molecule has 2 bridgehead atoms. The number of fused-ring (bicyclic) bond motifs is 2. The van der Waals surface area contributed by atoms with Crippen molar-refractivity contribution in [2.75, 3.05) is 6.54 Å². The molecule has 122 valence electrons. The Morgan fingerprint density at radius 3 is 2.68 bits per heavy atom. The molecule has 1 aromatic heterocycles. The first-order chi connectivity index (χ1) is 10.1. The van der Waals surface area contributed by atoms with Crippen LogP contribution in [0.5, 0.6) is 5.75 Å². The number of pyridine rings is 1. The topological polar surface area (TPSA) is 45.5 Å². The SMILES string of the molecule is Cc1cc(=O)c(O)c(CN2C[C@@]3(C)C[C@H]2CC(C)(C)C3)n1C. The largest absolute Gasteiger partial charge is 0.503 e. The number of hydrogen-bond acceptors (Lipinski definition) is 3. The fraction of sp³-hybridized carbons (Fsp3) is 0.722. The highest BCUT2D eigenvalue weighted by Crippen LogP contribution is 2.52. The molecule has 0 radical (unpaired) electrons. The Bertz CT molecular complexity index is 662. The number of rotatable bonds is 2. The molecule has 2 heterocycles. The number of aromatic hydroxyl groups is 1. The van der Waals surface area contributed by atoms with Crippen LogP contribution in [-0.4, -0.2) is 27.2 Å². The van der Waals surface area contributed by atoms with Gasteiger partial charge in [-0.25, -0.2) is 0 Å². The number of aromatic nitrogens is 1. The molecule has 2 fully saturated rings. The Morgan fingerprint density at radius 1 is 1.32 bits per heavy atom. The first-order valence-corrected chi connectivity index (χ1v) is 8.23. The van der Waals surface area contributed by atoms with Gasteiger partial charge in [-0.2, -0.15) is 0 Å². The van der Waals surface area contributed by atoms with Crippen LogP contribution in [0.15, 0.2) is 10.9 Å². The second-order valence-electron chi connectivity index (χ2n) is 8.62. The van der Waals surface area contributed by atoms with Crippen LogP contribution in [-0.2, 0) is 13.6 Å². The van der Waals surface area contributed by atoms with Crippen LogP contribution >= 0.6 is 0 Å². The third-order valence-electron chi connectivity index (χ3n) is 5.66. The molecular weight excluding hydrogens is 276 g/mol. The van der Waals surface area contributed by atoms with Gasteiger partial charge in [0, 0.05) is 37.9 Å². The second kappa shape index (κ2) is 4.85. The van der Waals surface area contributed by atoms with Gasteiger partial charge in [0.25, 0.3) is 0 Å². The summed E-state index contributed by atoms with van der Waals surface area (Å²) in [4.78, 5) is 14.4. The van der Waals surface area contributed by atoms with Gasteiger partial charge in [-0.05, 0) is 37.0 Å². The molecule has 3 rings (SSSR count). The van der Waals surface area contributed by atoms with E-state index >= 15 is 0 Å². The molecule has 0 amide bonds. The molecule has 0 unspecified atom stereocenters. The molecule has 1 N–H and O–H groups in total. The van der Waals surface area contributed by atoms with E-state index in [0.717, 1.165) is 17.9 Å². The van der Waals surface area contributed by atoms with E-state index in [9.17, 15) is 9.90 Å². The third-order valence-corrected chi connectivity index (χ3v) is 5.66. The van der Waals surface area contributed by atoms with Crippen LogP contribution in [0.2, 0.25) is 0 Å². The van der Waals surface area contributed by atoms with Crippen molar-refractivity contribution >= 4 is 0 Å². The smallest absolute Gasteiger partial charge is 0.223 e. The molecule has 2 aliphatic rings. The average Bonchev–Trinajstić information content (AvgIpc) is 2.61. The van der Waals surface area contributed by atoms with Crippen molar-refractivity contribution in [3.05, 3.63) is 27.7 Å². The first-order valence-electron chi connectivity index (χ1n) is 8.23. The van der Waals surface area contributed by atoms with Gasteiger partial charge in [-0.1, -0.05) is 20.8 Å². The van der Waals surface area contributed by atoms with Gasteiger partial charge < -0.3 is 9.67 Å². The van der Waals surface area contributed by atoms with E-state index in [1.807, 2.05) is 18.5 Å². The summed E-state index contributed by atoms with van der Waals surface area (Å²) in [5, 5.41) is 10.2. The van der Waals surface area contributed by atoms with Crippen LogP contribution in [0, 0.1) is 17.8 Å². The van der Waals surface area contributed by atoms with Crippen LogP contribution < -0.4 is 5.43 Å². The van der Waals surface area contributed by atoms with E-state index in [4.69, 9.17) is 0 Å². The Labute approximate surface area is 132 Å². The van der Waals surface area contributed by atoms with Gasteiger partial charge in [0.2, 0.25) is 5.43 Å². The van der Waals surface area contributed by atoms with Gasteiger partial charge >= 0.3 is 0 Å². The van der Waals surface area contributed by atoms with Crippen LogP contribution in [0.25, 0.3) is 0 Å². The number of nitrogens with zero attached hydrogens (tertiary/aromatic N) is 2. The van der Waals surface area contributed by atoms with Crippen LogP contribution in [0.4, 0.5) is 0 Å². The molecule has 1 aliphatic carbocycles. The minimum absolute atomic E-state index is 0.0843. The maximum Gasteiger partial charge on any atom is 0.223 e. The molecule has 1 saturated heterocycles. The summed E-state index contributed by atoms with van der Waals surface area (Å²) in [7, 11) is 1.93. The predicted octanol–water partition coefficient (Wildman–Crippen LogP) is 2.80. The summed E-state index contributed by atoms with van der Waals surface area (Å²) in [6, 6.07) is 2.06. The molecule has 1 aliphatic heterocycles. The van der Waals surface area contributed by atoms with E-state index in [1.54, 1.807) is 0 Å². The Hall–Kier alpha value is -1.29. The fourth-order valence-electron chi connectivity index (χ4n) is 5.00. The maximum atomic E-state index is 11.9. The Balaban J connectivity index is 1.91. The van der Waals surface area contributed by atoms with Gasteiger partial charge in [0.05, 0.1) is 5.69 Å². The van der Waals surface area contributed by atoms with E-state index in [1.165, 1.54) is 25.3 Å². The average molecular weight is 304 g/mol. The highest BCUT2D eigenvalue weighted by Gasteiger charge is 2.49. The molecular formula is C18H28N2O2. The van der Waals surface area contributed by atoms with Gasteiger partial charge in [-0.3, -0.25) is 9.69 Å². The zero-order valence-electron chi connectivity index (χ0n) is 14.4. The van der Waals surface area contributed by atoms with E-state index in [2.05, 4.69) is 25.7 Å². The molecule has 22 heavy (non-hydrogen) atoms. The second-order valence-corrected chi connectivity index (χ2v) is 8.62. The number of aryl methyl sites for hydroxylation is 1. The zero-order chi connectivity index (χ0) is 16.3. The van der Waals surface area contributed by atoms with E-state index in [-0.39, 0.29) is 11.2 Å². The highest BCUT2D eigenvalue weighted by atomic mass is 16.3. The molecule has 1 saturated carbocycles. The summed E-state index contributed by atoms with van der Waals surface area (Å²) in [6.07, 6.45) is 3.69. The van der Waals surface area contributed by atoms with Gasteiger partial charge in [-0.15, -0.1) is 0 Å². The molecule has 2 atom stereocenters. The van der Waals surface area contributed by atoms with Crippen LogP contribution in [0.3, 0.4) is 0 Å².